The van der Waals surface area contributed by atoms with Gasteiger partial charge in [0.2, 0.25) is 21.8 Å². The van der Waals surface area contributed by atoms with Crippen molar-refractivity contribution < 1.29 is 27.1 Å². The van der Waals surface area contributed by atoms with Crippen LogP contribution in [0.4, 0.5) is 10.1 Å². The Morgan fingerprint density at radius 1 is 0.949 bits per heavy atom. The molecule has 3 aromatic rings. The summed E-state index contributed by atoms with van der Waals surface area (Å²) in [5.74, 6) is -1.04. The quantitative estimate of drug-likeness (QED) is 0.347. The Balaban J connectivity index is 2.02. The number of likely N-dealkylation sites (N-methyl/N-ethyl adjacent to an activating group) is 1. The summed E-state index contributed by atoms with van der Waals surface area (Å²) < 4.78 is 46.7. The standard InChI is InChI=1S/C29H34FN3O5S/c1-4-31-29(35)27(19-22-11-7-6-8-12-22)32(20-23-13-9-10-14-26(23)30)28(34)21-33(39(3,36)37)24-15-17-25(18-16-24)38-5-2/h6-18,27H,4-5,19-21H2,1-3H3,(H,31,35)/t27-/m1/s1. The van der Waals surface area contributed by atoms with E-state index in [1.165, 1.54) is 23.1 Å². The van der Waals surface area contributed by atoms with Crippen LogP contribution in [0.1, 0.15) is 25.0 Å². The molecule has 0 heterocycles. The summed E-state index contributed by atoms with van der Waals surface area (Å²) in [6.07, 6.45) is 1.16. The highest BCUT2D eigenvalue weighted by molar-refractivity contribution is 7.92. The molecule has 3 rings (SSSR count). The summed E-state index contributed by atoms with van der Waals surface area (Å²) in [7, 11) is -3.90. The molecule has 0 spiro atoms. The summed E-state index contributed by atoms with van der Waals surface area (Å²) >= 11 is 0. The molecule has 0 aliphatic carbocycles. The Morgan fingerprint density at radius 3 is 2.18 bits per heavy atom. The molecular formula is C29H34FN3O5S. The number of hydrogen-bond acceptors (Lipinski definition) is 5. The van der Waals surface area contributed by atoms with Gasteiger partial charge < -0.3 is 15.0 Å². The van der Waals surface area contributed by atoms with Gasteiger partial charge >= 0.3 is 0 Å². The summed E-state index contributed by atoms with van der Waals surface area (Å²) in [5.41, 5.74) is 1.27. The minimum Gasteiger partial charge on any atom is -0.494 e. The summed E-state index contributed by atoms with van der Waals surface area (Å²) in [5, 5.41) is 2.76. The second-order valence-corrected chi connectivity index (χ2v) is 10.8. The topological polar surface area (TPSA) is 96.0 Å². The molecule has 0 saturated heterocycles. The van der Waals surface area contributed by atoms with Crippen LogP contribution in [0.25, 0.3) is 0 Å². The summed E-state index contributed by atoms with van der Waals surface area (Å²) in [6.45, 7) is 3.57. The van der Waals surface area contributed by atoms with Gasteiger partial charge in [-0.1, -0.05) is 48.5 Å². The molecule has 1 N–H and O–H groups in total. The number of benzene rings is 3. The van der Waals surface area contributed by atoms with Crippen LogP contribution in [0.15, 0.2) is 78.9 Å². The van der Waals surface area contributed by atoms with Crippen LogP contribution in [0.5, 0.6) is 5.75 Å². The third-order valence-corrected chi connectivity index (χ3v) is 7.18. The van der Waals surface area contributed by atoms with Gasteiger partial charge in [-0.3, -0.25) is 13.9 Å². The fourth-order valence-corrected chi connectivity index (χ4v) is 4.99. The maximum Gasteiger partial charge on any atom is 0.244 e. The number of anilines is 1. The van der Waals surface area contributed by atoms with E-state index in [1.807, 2.05) is 37.3 Å². The molecule has 10 heteroatoms. The molecule has 0 radical (unpaired) electrons. The van der Waals surface area contributed by atoms with E-state index in [-0.39, 0.29) is 24.2 Å². The van der Waals surface area contributed by atoms with Crippen LogP contribution >= 0.6 is 0 Å². The predicted molar refractivity (Wildman–Crippen MR) is 149 cm³/mol. The maximum atomic E-state index is 14.7. The third kappa shape index (κ3) is 8.28. The fourth-order valence-electron chi connectivity index (χ4n) is 4.15. The van der Waals surface area contributed by atoms with E-state index in [0.29, 0.717) is 18.9 Å². The molecular weight excluding hydrogens is 521 g/mol. The van der Waals surface area contributed by atoms with Crippen molar-refractivity contribution >= 4 is 27.5 Å². The van der Waals surface area contributed by atoms with E-state index in [9.17, 15) is 22.4 Å². The first-order valence-corrected chi connectivity index (χ1v) is 14.5. The van der Waals surface area contributed by atoms with Gasteiger partial charge in [-0.15, -0.1) is 0 Å². The van der Waals surface area contributed by atoms with Crippen LogP contribution in [0.3, 0.4) is 0 Å². The Bertz CT molecular complexity index is 1350. The van der Waals surface area contributed by atoms with Gasteiger partial charge in [0.05, 0.1) is 18.6 Å². The Hall–Kier alpha value is -3.92. The molecule has 0 aromatic heterocycles. The summed E-state index contributed by atoms with van der Waals surface area (Å²) in [4.78, 5) is 28.4. The number of carbonyl (C=O) groups excluding carboxylic acids is 2. The second kappa shape index (κ2) is 13.7. The molecule has 8 nitrogen and oxygen atoms in total. The van der Waals surface area contributed by atoms with Crippen molar-refractivity contribution in [1.29, 1.82) is 0 Å². The number of rotatable bonds is 13. The van der Waals surface area contributed by atoms with Crippen LogP contribution in [-0.4, -0.2) is 57.1 Å². The van der Waals surface area contributed by atoms with E-state index in [2.05, 4.69) is 5.32 Å². The molecule has 1 atom stereocenters. The maximum absolute atomic E-state index is 14.7. The lowest BCUT2D eigenvalue weighted by molar-refractivity contribution is -0.140. The predicted octanol–water partition coefficient (Wildman–Crippen LogP) is 3.77. The minimum absolute atomic E-state index is 0.162. The van der Waals surface area contributed by atoms with Crippen molar-refractivity contribution in [2.24, 2.45) is 0 Å². The van der Waals surface area contributed by atoms with Crippen molar-refractivity contribution in [1.82, 2.24) is 10.2 Å². The van der Waals surface area contributed by atoms with Gasteiger partial charge in [0.25, 0.3) is 0 Å². The van der Waals surface area contributed by atoms with Gasteiger partial charge in [-0.2, -0.15) is 0 Å². The number of nitrogens with zero attached hydrogens (tertiary/aromatic N) is 2. The van der Waals surface area contributed by atoms with Gasteiger partial charge in [0.15, 0.2) is 0 Å². The average molecular weight is 556 g/mol. The van der Waals surface area contributed by atoms with Gasteiger partial charge in [-0.05, 0) is 49.7 Å². The van der Waals surface area contributed by atoms with Crippen LogP contribution in [0, 0.1) is 5.82 Å². The Kier molecular flexibility index (Phi) is 10.4. The van der Waals surface area contributed by atoms with Gasteiger partial charge in [-0.25, -0.2) is 12.8 Å². The molecule has 0 bridgehead atoms. The number of nitrogens with one attached hydrogen (secondary N) is 1. The lowest BCUT2D eigenvalue weighted by Crippen LogP contribution is -2.53. The van der Waals surface area contributed by atoms with E-state index in [0.717, 1.165) is 16.1 Å². The number of ether oxygens (including phenoxy) is 1. The largest absolute Gasteiger partial charge is 0.494 e. The van der Waals surface area contributed by atoms with E-state index in [1.54, 1.807) is 37.3 Å². The zero-order valence-corrected chi connectivity index (χ0v) is 23.2. The van der Waals surface area contributed by atoms with Crippen LogP contribution in [-0.2, 0) is 32.6 Å². The highest BCUT2D eigenvalue weighted by atomic mass is 32.2. The normalized spacial score (nSPS) is 11.9. The van der Waals surface area contributed by atoms with E-state index in [4.69, 9.17) is 4.74 Å². The molecule has 0 aliphatic rings. The zero-order valence-electron chi connectivity index (χ0n) is 22.3. The highest BCUT2D eigenvalue weighted by Gasteiger charge is 2.33. The van der Waals surface area contributed by atoms with Crippen LogP contribution < -0.4 is 14.4 Å². The lowest BCUT2D eigenvalue weighted by atomic mass is 10.0. The molecule has 2 amide bonds. The molecule has 0 unspecified atom stereocenters. The lowest BCUT2D eigenvalue weighted by Gasteiger charge is -2.33. The first-order chi connectivity index (χ1) is 18.6. The molecule has 0 aliphatic heterocycles. The smallest absolute Gasteiger partial charge is 0.244 e. The number of carbonyl (C=O) groups is 2. The fraction of sp³-hybridized carbons (Fsp3) is 0.310. The highest BCUT2D eigenvalue weighted by Crippen LogP contribution is 2.23. The Morgan fingerprint density at radius 2 is 1.59 bits per heavy atom. The zero-order chi connectivity index (χ0) is 28.4. The number of sulfonamides is 1. The van der Waals surface area contributed by atoms with Crippen molar-refractivity contribution in [3.8, 4) is 5.75 Å². The second-order valence-electron chi connectivity index (χ2n) is 8.91. The van der Waals surface area contributed by atoms with Crippen molar-refractivity contribution in [3.05, 3.63) is 95.8 Å². The first-order valence-electron chi connectivity index (χ1n) is 12.7. The van der Waals surface area contributed by atoms with Crippen LogP contribution in [0.2, 0.25) is 0 Å². The molecule has 0 saturated carbocycles. The SMILES string of the molecule is CCNC(=O)[C@@H](Cc1ccccc1)N(Cc1ccccc1F)C(=O)CN(c1ccc(OCC)cc1)S(C)(=O)=O. The first kappa shape index (κ1) is 29.6. The molecule has 0 fully saturated rings. The summed E-state index contributed by atoms with van der Waals surface area (Å²) in [6, 6.07) is 20.5. The number of hydrogen-bond donors (Lipinski definition) is 1. The van der Waals surface area contributed by atoms with Crippen molar-refractivity contribution in [3.63, 3.8) is 0 Å². The van der Waals surface area contributed by atoms with Gasteiger partial charge in [0.1, 0.15) is 24.2 Å². The van der Waals surface area contributed by atoms with E-state index < -0.39 is 40.2 Å². The third-order valence-electron chi connectivity index (χ3n) is 6.04. The average Bonchev–Trinajstić information content (AvgIpc) is 2.91. The molecule has 3 aromatic carbocycles. The van der Waals surface area contributed by atoms with E-state index >= 15 is 0 Å². The molecule has 208 valence electrons. The minimum atomic E-state index is -3.90. The monoisotopic (exact) mass is 555 g/mol. The Labute approximate surface area is 229 Å². The van der Waals surface area contributed by atoms with Gasteiger partial charge in [0, 0.05) is 25.1 Å². The van der Waals surface area contributed by atoms with Crippen molar-refractivity contribution in [2.45, 2.75) is 32.9 Å². The van der Waals surface area contributed by atoms with Crippen molar-refractivity contribution in [2.75, 3.05) is 30.3 Å². The number of halogens is 1. The number of amides is 2. The molecule has 39 heavy (non-hydrogen) atoms.